The fourth-order valence-corrected chi connectivity index (χ4v) is 5.59. The molecule has 1 aromatic carbocycles. The summed E-state index contributed by atoms with van der Waals surface area (Å²) < 4.78 is 7.31. The number of rotatable bonds is 7. The molecule has 1 saturated heterocycles. The van der Waals surface area contributed by atoms with E-state index in [0.717, 1.165) is 52.2 Å². The number of hydrogen-bond donors (Lipinski definition) is 1. The third kappa shape index (κ3) is 5.55. The van der Waals surface area contributed by atoms with E-state index in [0.29, 0.717) is 12.5 Å². The fraction of sp³-hybridized carbons (Fsp3) is 0.462. The summed E-state index contributed by atoms with van der Waals surface area (Å²) in [6.45, 7) is 3.52. The monoisotopic (exact) mass is 477 g/mol. The number of benzene rings is 1. The van der Waals surface area contributed by atoms with Crippen LogP contribution in [0.5, 0.6) is 11.5 Å². The number of pyridine rings is 1. The Labute approximate surface area is 204 Å². The van der Waals surface area contributed by atoms with E-state index < -0.39 is 0 Å². The van der Waals surface area contributed by atoms with Gasteiger partial charge in [-0.3, -0.25) is 4.79 Å². The van der Waals surface area contributed by atoms with Crippen molar-refractivity contribution in [1.82, 2.24) is 9.97 Å². The van der Waals surface area contributed by atoms with Crippen molar-refractivity contribution >= 4 is 44.6 Å². The number of thiazole rings is 1. The molecule has 1 unspecified atom stereocenters. The Morgan fingerprint density at radius 2 is 2.06 bits per heavy atom. The second kappa shape index (κ2) is 10.5. The minimum atomic E-state index is -0.0678. The van der Waals surface area contributed by atoms with Crippen molar-refractivity contribution < 1.29 is 9.53 Å². The number of aliphatic imine (C=N–C) groups is 1. The summed E-state index contributed by atoms with van der Waals surface area (Å²) in [5.74, 6) is 2.64. The second-order valence-electron chi connectivity index (χ2n) is 9.10. The Kier molecular flexibility index (Phi) is 7.04. The van der Waals surface area contributed by atoms with E-state index in [1.54, 1.807) is 23.7 Å². The van der Waals surface area contributed by atoms with Crippen molar-refractivity contribution in [2.75, 3.05) is 23.3 Å². The molecule has 2 aromatic heterocycles. The zero-order valence-electron chi connectivity index (χ0n) is 19.6. The van der Waals surface area contributed by atoms with Crippen LogP contribution in [0.1, 0.15) is 51.9 Å². The second-order valence-corrected chi connectivity index (χ2v) is 10.1. The van der Waals surface area contributed by atoms with Crippen LogP contribution in [0.2, 0.25) is 0 Å². The van der Waals surface area contributed by atoms with Crippen LogP contribution in [-0.2, 0) is 4.79 Å². The maximum Gasteiger partial charge on any atom is 0.245 e. The van der Waals surface area contributed by atoms with Crippen molar-refractivity contribution in [2.24, 2.45) is 10.9 Å². The molecule has 1 N–H and O–H groups in total. The number of aromatic nitrogens is 2. The summed E-state index contributed by atoms with van der Waals surface area (Å²) in [6.07, 6.45) is 11.4. The van der Waals surface area contributed by atoms with Gasteiger partial charge in [0.05, 0.1) is 10.2 Å². The third-order valence-corrected chi connectivity index (χ3v) is 7.48. The molecule has 5 rings (SSSR count). The van der Waals surface area contributed by atoms with E-state index in [2.05, 4.69) is 26.3 Å². The Balaban J connectivity index is 1.24. The van der Waals surface area contributed by atoms with Crippen molar-refractivity contribution in [3.63, 3.8) is 0 Å². The van der Waals surface area contributed by atoms with E-state index in [4.69, 9.17) is 9.72 Å². The lowest BCUT2D eigenvalue weighted by Crippen LogP contribution is -2.21. The van der Waals surface area contributed by atoms with E-state index >= 15 is 0 Å². The molecule has 7 nitrogen and oxygen atoms in total. The Bertz CT molecular complexity index is 1170. The van der Waals surface area contributed by atoms with Crippen LogP contribution >= 0.6 is 11.3 Å². The summed E-state index contributed by atoms with van der Waals surface area (Å²) in [5, 5.41) is 4.62. The molecule has 2 fully saturated rings. The maximum absolute atomic E-state index is 11.5. The summed E-state index contributed by atoms with van der Waals surface area (Å²) in [7, 11) is 0. The molecule has 1 amide bonds. The van der Waals surface area contributed by atoms with Crippen LogP contribution in [0, 0.1) is 5.92 Å². The van der Waals surface area contributed by atoms with Crippen molar-refractivity contribution in [3.8, 4) is 11.5 Å². The van der Waals surface area contributed by atoms with Gasteiger partial charge in [-0.05, 0) is 37.5 Å². The number of amides is 1. The SMILES string of the molecule is CCC(=O)N=CC1CCN(c2cc(Oc3ccc4nc(NC5CCCCC5)sc4c3)ccn2)C1. The van der Waals surface area contributed by atoms with Gasteiger partial charge in [-0.1, -0.05) is 37.5 Å². The molecule has 0 radical (unpaired) electrons. The highest BCUT2D eigenvalue weighted by Gasteiger charge is 2.23. The average Bonchev–Trinajstić information content (AvgIpc) is 3.50. The van der Waals surface area contributed by atoms with E-state index in [1.165, 1.54) is 32.1 Å². The molecule has 1 atom stereocenters. The predicted molar refractivity (Wildman–Crippen MR) is 139 cm³/mol. The summed E-state index contributed by atoms with van der Waals surface area (Å²) in [4.78, 5) is 27.0. The molecule has 34 heavy (non-hydrogen) atoms. The van der Waals surface area contributed by atoms with Gasteiger partial charge in [-0.15, -0.1) is 0 Å². The maximum atomic E-state index is 11.5. The Hall–Kier alpha value is -3.00. The molecule has 1 aliphatic carbocycles. The lowest BCUT2D eigenvalue weighted by atomic mass is 9.96. The van der Waals surface area contributed by atoms with Gasteiger partial charge in [-0.2, -0.15) is 0 Å². The molecule has 178 valence electrons. The minimum Gasteiger partial charge on any atom is -0.457 e. The number of fused-ring (bicyclic) bond motifs is 1. The summed E-state index contributed by atoms with van der Waals surface area (Å²) in [6, 6.07) is 10.5. The quantitative estimate of drug-likeness (QED) is 0.417. The van der Waals surface area contributed by atoms with Gasteiger partial charge in [0.1, 0.15) is 17.3 Å². The molecule has 1 saturated carbocycles. The first-order valence-electron chi connectivity index (χ1n) is 12.3. The fourth-order valence-electron chi connectivity index (χ4n) is 4.62. The molecule has 3 aromatic rings. The topological polar surface area (TPSA) is 79.7 Å². The van der Waals surface area contributed by atoms with Crippen LogP contribution in [0.3, 0.4) is 0 Å². The number of hydrogen-bond acceptors (Lipinski definition) is 7. The number of anilines is 2. The molecule has 1 aliphatic heterocycles. The molecule has 0 bridgehead atoms. The highest BCUT2D eigenvalue weighted by molar-refractivity contribution is 7.22. The standard InChI is InChI=1S/C26H31N5O2S/c1-2-25(32)28-16-18-11-13-31(17-18)24-15-21(10-12-27-24)33-20-8-9-22-23(14-20)34-26(30-22)29-19-6-4-3-5-7-19/h8-10,12,14-16,18-19H,2-7,11,13,17H2,1H3,(H,29,30). The van der Waals surface area contributed by atoms with Gasteiger partial charge in [0.2, 0.25) is 5.91 Å². The Morgan fingerprint density at radius 3 is 2.91 bits per heavy atom. The lowest BCUT2D eigenvalue weighted by molar-refractivity contribution is -0.117. The molecule has 2 aliphatic rings. The van der Waals surface area contributed by atoms with Crippen LogP contribution in [0.15, 0.2) is 41.5 Å². The number of nitrogens with one attached hydrogen (secondary N) is 1. The number of carbonyl (C=O) groups is 1. The first-order valence-corrected chi connectivity index (χ1v) is 13.1. The molecular weight excluding hydrogens is 446 g/mol. The van der Waals surface area contributed by atoms with Crippen molar-refractivity contribution in [2.45, 2.75) is 57.9 Å². The average molecular weight is 478 g/mol. The Morgan fingerprint density at radius 1 is 1.21 bits per heavy atom. The first kappa shape index (κ1) is 22.8. The van der Waals surface area contributed by atoms with Gasteiger partial charge in [0.15, 0.2) is 5.13 Å². The van der Waals surface area contributed by atoms with Gasteiger partial charge >= 0.3 is 0 Å². The molecular formula is C26H31N5O2S. The highest BCUT2D eigenvalue weighted by atomic mass is 32.1. The normalized spacial score (nSPS) is 19.2. The van der Waals surface area contributed by atoms with Gasteiger partial charge in [0, 0.05) is 56.0 Å². The predicted octanol–water partition coefficient (Wildman–Crippen LogP) is 6.06. The molecule has 0 spiro atoms. The third-order valence-electron chi connectivity index (χ3n) is 6.53. The van der Waals surface area contributed by atoms with Crippen LogP contribution < -0.4 is 15.0 Å². The van der Waals surface area contributed by atoms with Crippen LogP contribution in [0.4, 0.5) is 10.9 Å². The molecule has 8 heteroatoms. The van der Waals surface area contributed by atoms with E-state index in [9.17, 15) is 4.79 Å². The zero-order chi connectivity index (χ0) is 23.3. The smallest absolute Gasteiger partial charge is 0.245 e. The van der Waals surface area contributed by atoms with E-state index in [1.807, 2.05) is 31.2 Å². The van der Waals surface area contributed by atoms with Crippen LogP contribution in [-0.4, -0.2) is 41.2 Å². The van der Waals surface area contributed by atoms with Crippen molar-refractivity contribution in [3.05, 3.63) is 36.5 Å². The number of carbonyl (C=O) groups excluding carboxylic acids is 1. The highest BCUT2D eigenvalue weighted by Crippen LogP contribution is 2.33. The number of ether oxygens (including phenoxy) is 1. The summed E-state index contributed by atoms with van der Waals surface area (Å²) >= 11 is 1.69. The molecule has 3 heterocycles. The van der Waals surface area contributed by atoms with Gasteiger partial charge < -0.3 is 15.0 Å². The minimum absolute atomic E-state index is 0.0678. The van der Waals surface area contributed by atoms with Gasteiger partial charge in [0.25, 0.3) is 0 Å². The van der Waals surface area contributed by atoms with Crippen molar-refractivity contribution in [1.29, 1.82) is 0 Å². The van der Waals surface area contributed by atoms with Gasteiger partial charge in [-0.25, -0.2) is 15.0 Å². The number of nitrogens with zero attached hydrogens (tertiary/aromatic N) is 4. The zero-order valence-corrected chi connectivity index (χ0v) is 20.4. The van der Waals surface area contributed by atoms with Crippen LogP contribution in [0.25, 0.3) is 10.2 Å². The first-order chi connectivity index (χ1) is 16.7. The largest absolute Gasteiger partial charge is 0.457 e. The summed E-state index contributed by atoms with van der Waals surface area (Å²) in [5.41, 5.74) is 0.998. The lowest BCUT2D eigenvalue weighted by Gasteiger charge is -2.22. The van der Waals surface area contributed by atoms with E-state index in [-0.39, 0.29) is 11.8 Å².